The standard InChI is InChI=1S/C20H21N3O4S/c21-19(25)18-15-5-3-1-2-4-6-16(15)28-20(18)22-17(24)12-9-13-7-10-14(11-8-13)23(26)27/h7-12H,1-6H2,(H2,21,25)(H,22,24). The lowest BCUT2D eigenvalue weighted by atomic mass is 9.96. The number of carbonyl (C=O) groups excluding carboxylic acids is 2. The molecule has 3 rings (SSSR count). The van der Waals surface area contributed by atoms with Crippen LogP contribution in [0.5, 0.6) is 0 Å². The zero-order chi connectivity index (χ0) is 20.1. The van der Waals surface area contributed by atoms with Crippen LogP contribution in [0.1, 0.15) is 52.0 Å². The first-order valence-corrected chi connectivity index (χ1v) is 9.95. The minimum Gasteiger partial charge on any atom is -0.365 e. The molecule has 0 bridgehead atoms. The lowest BCUT2D eigenvalue weighted by Crippen LogP contribution is -2.17. The summed E-state index contributed by atoms with van der Waals surface area (Å²) in [4.78, 5) is 35.7. The summed E-state index contributed by atoms with van der Waals surface area (Å²) in [5.41, 5.74) is 7.65. The van der Waals surface area contributed by atoms with Crippen LogP contribution in [-0.2, 0) is 17.6 Å². The molecule has 0 fully saturated rings. The monoisotopic (exact) mass is 399 g/mol. The largest absolute Gasteiger partial charge is 0.365 e. The molecule has 0 saturated heterocycles. The fraction of sp³-hybridized carbons (Fsp3) is 0.300. The van der Waals surface area contributed by atoms with Crippen molar-refractivity contribution in [2.75, 3.05) is 5.32 Å². The smallest absolute Gasteiger partial charge is 0.269 e. The Labute approximate surface area is 166 Å². The molecule has 1 aliphatic carbocycles. The number of nitrogens with two attached hydrogens (primary N) is 1. The van der Waals surface area contributed by atoms with Crippen LogP contribution in [0.4, 0.5) is 10.7 Å². The SMILES string of the molecule is NC(=O)c1c(NC(=O)C=Cc2ccc([N+](=O)[O-])cc2)sc2c1CCCCCC2. The molecular formula is C20H21N3O4S. The zero-order valence-electron chi connectivity index (χ0n) is 15.3. The van der Waals surface area contributed by atoms with Gasteiger partial charge >= 0.3 is 0 Å². The van der Waals surface area contributed by atoms with Crippen molar-refractivity contribution in [2.45, 2.75) is 38.5 Å². The first-order valence-electron chi connectivity index (χ1n) is 9.13. The summed E-state index contributed by atoms with van der Waals surface area (Å²) in [5.74, 6) is -0.900. The van der Waals surface area contributed by atoms with Gasteiger partial charge in [-0.05, 0) is 55.0 Å². The zero-order valence-corrected chi connectivity index (χ0v) is 16.1. The number of nitrogens with one attached hydrogen (secondary N) is 1. The highest BCUT2D eigenvalue weighted by Gasteiger charge is 2.23. The van der Waals surface area contributed by atoms with Gasteiger partial charge in [-0.1, -0.05) is 12.8 Å². The van der Waals surface area contributed by atoms with Gasteiger partial charge in [0.15, 0.2) is 0 Å². The van der Waals surface area contributed by atoms with Gasteiger partial charge in [0.25, 0.3) is 11.6 Å². The van der Waals surface area contributed by atoms with Gasteiger partial charge in [0, 0.05) is 23.1 Å². The minimum absolute atomic E-state index is 0.0105. The number of fused-ring (bicyclic) bond motifs is 1. The van der Waals surface area contributed by atoms with E-state index >= 15 is 0 Å². The number of hydrogen-bond donors (Lipinski definition) is 2. The molecular weight excluding hydrogens is 378 g/mol. The summed E-state index contributed by atoms with van der Waals surface area (Å²) in [6.45, 7) is 0. The molecule has 1 aliphatic rings. The maximum absolute atomic E-state index is 12.3. The van der Waals surface area contributed by atoms with Crippen molar-refractivity contribution in [1.82, 2.24) is 0 Å². The number of thiophene rings is 1. The van der Waals surface area contributed by atoms with Crippen LogP contribution in [-0.4, -0.2) is 16.7 Å². The number of carbonyl (C=O) groups is 2. The highest BCUT2D eigenvalue weighted by molar-refractivity contribution is 7.17. The van der Waals surface area contributed by atoms with Crippen molar-refractivity contribution < 1.29 is 14.5 Å². The summed E-state index contributed by atoms with van der Waals surface area (Å²) in [6.07, 6.45) is 8.98. The maximum atomic E-state index is 12.3. The Morgan fingerprint density at radius 2 is 1.79 bits per heavy atom. The number of anilines is 1. The Kier molecular flexibility index (Phi) is 6.20. The van der Waals surface area contributed by atoms with Crippen LogP contribution in [0.15, 0.2) is 30.3 Å². The molecule has 0 saturated carbocycles. The van der Waals surface area contributed by atoms with E-state index in [1.165, 1.54) is 36.0 Å². The fourth-order valence-electron chi connectivity index (χ4n) is 3.30. The van der Waals surface area contributed by atoms with Gasteiger partial charge in [-0.2, -0.15) is 0 Å². The number of benzene rings is 1. The third-order valence-electron chi connectivity index (χ3n) is 4.69. The fourth-order valence-corrected chi connectivity index (χ4v) is 4.60. The van der Waals surface area contributed by atoms with E-state index in [0.717, 1.165) is 42.5 Å². The van der Waals surface area contributed by atoms with Crippen LogP contribution in [0.2, 0.25) is 0 Å². The summed E-state index contributed by atoms with van der Waals surface area (Å²) in [6, 6.07) is 5.88. The van der Waals surface area contributed by atoms with E-state index in [1.807, 2.05) is 0 Å². The molecule has 0 unspecified atom stereocenters. The van der Waals surface area contributed by atoms with Crippen molar-refractivity contribution >= 4 is 39.9 Å². The summed E-state index contributed by atoms with van der Waals surface area (Å²) < 4.78 is 0. The predicted molar refractivity (Wildman–Crippen MR) is 109 cm³/mol. The topological polar surface area (TPSA) is 115 Å². The number of nitro benzene ring substituents is 1. The molecule has 2 aromatic rings. The lowest BCUT2D eigenvalue weighted by Gasteiger charge is -2.10. The Balaban J connectivity index is 1.76. The van der Waals surface area contributed by atoms with Crippen molar-refractivity contribution in [1.29, 1.82) is 0 Å². The van der Waals surface area contributed by atoms with E-state index in [0.29, 0.717) is 16.1 Å². The Hall–Kier alpha value is -3.00. The summed E-state index contributed by atoms with van der Waals surface area (Å²) >= 11 is 1.43. The third kappa shape index (κ3) is 4.64. The average Bonchev–Trinajstić information content (AvgIpc) is 2.96. The second-order valence-electron chi connectivity index (χ2n) is 6.66. The van der Waals surface area contributed by atoms with Gasteiger partial charge < -0.3 is 11.1 Å². The predicted octanol–water partition coefficient (Wildman–Crippen LogP) is 4.07. The van der Waals surface area contributed by atoms with Crippen LogP contribution >= 0.6 is 11.3 Å². The first kappa shape index (κ1) is 19.8. The first-order chi connectivity index (χ1) is 13.5. The van der Waals surface area contributed by atoms with E-state index in [2.05, 4.69) is 5.32 Å². The van der Waals surface area contributed by atoms with E-state index in [4.69, 9.17) is 5.73 Å². The molecule has 28 heavy (non-hydrogen) atoms. The highest BCUT2D eigenvalue weighted by Crippen LogP contribution is 2.36. The van der Waals surface area contributed by atoms with E-state index in [1.54, 1.807) is 18.2 Å². The van der Waals surface area contributed by atoms with Crippen molar-refractivity contribution in [3.8, 4) is 0 Å². The minimum atomic E-state index is -0.521. The molecule has 0 aliphatic heterocycles. The van der Waals surface area contributed by atoms with Gasteiger partial charge in [0.05, 0.1) is 10.5 Å². The van der Waals surface area contributed by atoms with E-state index in [-0.39, 0.29) is 11.6 Å². The normalized spacial score (nSPS) is 14.1. The Bertz CT molecular complexity index is 932. The van der Waals surface area contributed by atoms with Crippen LogP contribution in [0.3, 0.4) is 0 Å². The van der Waals surface area contributed by atoms with Crippen LogP contribution in [0.25, 0.3) is 6.08 Å². The molecule has 1 aromatic carbocycles. The second-order valence-corrected chi connectivity index (χ2v) is 7.76. The average molecular weight is 399 g/mol. The van der Waals surface area contributed by atoms with Crippen molar-refractivity contribution in [2.24, 2.45) is 5.73 Å². The molecule has 8 heteroatoms. The van der Waals surface area contributed by atoms with E-state index in [9.17, 15) is 19.7 Å². The number of nitrogens with zero attached hydrogens (tertiary/aromatic N) is 1. The quantitative estimate of drug-likeness (QED) is 0.448. The lowest BCUT2D eigenvalue weighted by molar-refractivity contribution is -0.384. The number of aryl methyl sites for hydroxylation is 1. The molecule has 0 radical (unpaired) electrons. The number of nitro groups is 1. The number of hydrogen-bond acceptors (Lipinski definition) is 5. The number of rotatable bonds is 5. The molecule has 7 nitrogen and oxygen atoms in total. The third-order valence-corrected chi connectivity index (χ3v) is 5.89. The molecule has 0 atom stereocenters. The second kappa shape index (κ2) is 8.79. The summed E-state index contributed by atoms with van der Waals surface area (Å²) in [7, 11) is 0. The number of primary amides is 1. The number of amides is 2. The van der Waals surface area contributed by atoms with Crippen LogP contribution < -0.4 is 11.1 Å². The van der Waals surface area contributed by atoms with Gasteiger partial charge in [-0.25, -0.2) is 0 Å². The molecule has 1 heterocycles. The molecule has 2 amide bonds. The molecule has 0 spiro atoms. The Morgan fingerprint density at radius 1 is 1.11 bits per heavy atom. The molecule has 3 N–H and O–H groups in total. The summed E-state index contributed by atoms with van der Waals surface area (Å²) in [5, 5.41) is 14.0. The number of non-ortho nitro benzene ring substituents is 1. The maximum Gasteiger partial charge on any atom is 0.269 e. The Morgan fingerprint density at radius 3 is 2.43 bits per heavy atom. The molecule has 1 aromatic heterocycles. The van der Waals surface area contributed by atoms with Gasteiger partial charge in [0.1, 0.15) is 5.00 Å². The van der Waals surface area contributed by atoms with Crippen molar-refractivity contribution in [3.63, 3.8) is 0 Å². The van der Waals surface area contributed by atoms with Gasteiger partial charge in [-0.15, -0.1) is 11.3 Å². The van der Waals surface area contributed by atoms with Crippen LogP contribution in [0, 0.1) is 10.1 Å². The van der Waals surface area contributed by atoms with E-state index < -0.39 is 10.8 Å². The van der Waals surface area contributed by atoms with Gasteiger partial charge in [0.2, 0.25) is 5.91 Å². The van der Waals surface area contributed by atoms with Crippen molar-refractivity contribution in [3.05, 3.63) is 62.0 Å². The highest BCUT2D eigenvalue weighted by atomic mass is 32.1. The molecule has 146 valence electrons. The van der Waals surface area contributed by atoms with Gasteiger partial charge in [-0.3, -0.25) is 19.7 Å².